The van der Waals surface area contributed by atoms with Gasteiger partial charge in [-0.05, 0) is 38.5 Å². The van der Waals surface area contributed by atoms with Gasteiger partial charge in [-0.15, -0.1) is 11.3 Å². The van der Waals surface area contributed by atoms with Crippen LogP contribution < -0.4 is 10.3 Å². The topological polar surface area (TPSA) is 81.1 Å². The molecule has 0 bridgehead atoms. The molecule has 3 aromatic rings. The third-order valence-electron chi connectivity index (χ3n) is 4.25. The molecule has 0 unspecified atom stereocenters. The van der Waals surface area contributed by atoms with E-state index in [-0.39, 0.29) is 17.0 Å². The van der Waals surface area contributed by atoms with Crippen molar-refractivity contribution in [2.24, 2.45) is 0 Å². The van der Waals surface area contributed by atoms with Gasteiger partial charge in [-0.25, -0.2) is 18.1 Å². The monoisotopic (exact) mass is 423 g/mol. The third kappa shape index (κ3) is 4.11. The van der Waals surface area contributed by atoms with Crippen LogP contribution in [-0.4, -0.2) is 30.3 Å². The van der Waals surface area contributed by atoms with Crippen LogP contribution in [0.5, 0.6) is 0 Å². The van der Waals surface area contributed by atoms with Crippen LogP contribution in [0.15, 0.2) is 45.2 Å². The molecule has 0 aliphatic carbocycles. The number of fused-ring (bicyclic) bond motifs is 1. The number of aromatic nitrogens is 2. The highest BCUT2D eigenvalue weighted by molar-refractivity contribution is 7.99. The summed E-state index contributed by atoms with van der Waals surface area (Å²) in [5.41, 5.74) is 0.957. The van der Waals surface area contributed by atoms with Crippen LogP contribution in [0.2, 0.25) is 0 Å². The number of thiophene rings is 1. The summed E-state index contributed by atoms with van der Waals surface area (Å²) in [6, 6.07) is 8.26. The van der Waals surface area contributed by atoms with Gasteiger partial charge in [0.2, 0.25) is 10.0 Å². The van der Waals surface area contributed by atoms with E-state index in [0.717, 1.165) is 15.3 Å². The van der Waals surface area contributed by atoms with Crippen LogP contribution >= 0.6 is 23.1 Å². The van der Waals surface area contributed by atoms with E-state index in [1.54, 1.807) is 34.9 Å². The third-order valence-corrected chi connectivity index (χ3v) is 7.81. The smallest absolute Gasteiger partial charge is 0.263 e. The van der Waals surface area contributed by atoms with Gasteiger partial charge < -0.3 is 0 Å². The minimum absolute atomic E-state index is 0.0308. The normalized spacial score (nSPS) is 12.0. The molecule has 0 saturated carbocycles. The quantitative estimate of drug-likeness (QED) is 0.359. The van der Waals surface area contributed by atoms with Gasteiger partial charge in [-0.1, -0.05) is 30.0 Å². The largest absolute Gasteiger partial charge is 0.287 e. The minimum atomic E-state index is -3.53. The zero-order chi connectivity index (χ0) is 19.6. The fourth-order valence-corrected chi connectivity index (χ4v) is 5.87. The molecule has 0 fully saturated rings. The van der Waals surface area contributed by atoms with Gasteiger partial charge in [-0.2, -0.15) is 0 Å². The summed E-state index contributed by atoms with van der Waals surface area (Å²) < 4.78 is 28.7. The number of thioether (sulfide) groups is 1. The first kappa shape index (κ1) is 20.1. The molecular formula is C18H21N3O3S3. The number of aryl methyl sites for hydroxylation is 2. The van der Waals surface area contributed by atoms with E-state index in [4.69, 9.17) is 0 Å². The Morgan fingerprint density at radius 1 is 1.22 bits per heavy atom. The average molecular weight is 424 g/mol. The van der Waals surface area contributed by atoms with Crippen LogP contribution in [0.3, 0.4) is 0 Å². The second-order valence-electron chi connectivity index (χ2n) is 5.97. The predicted octanol–water partition coefficient (Wildman–Crippen LogP) is 3.17. The molecule has 3 rings (SSSR count). The Kier molecular flexibility index (Phi) is 6.05. The van der Waals surface area contributed by atoms with Crippen molar-refractivity contribution in [2.45, 2.75) is 37.4 Å². The summed E-state index contributed by atoms with van der Waals surface area (Å²) in [6.07, 6.45) is 0. The molecule has 2 heterocycles. The molecule has 27 heavy (non-hydrogen) atoms. The second-order valence-corrected chi connectivity index (χ2v) is 10.00. The Bertz CT molecular complexity index is 1120. The summed E-state index contributed by atoms with van der Waals surface area (Å²) in [5, 5.41) is 1.31. The first-order valence-electron chi connectivity index (χ1n) is 8.53. The number of sulfonamides is 1. The van der Waals surface area contributed by atoms with E-state index in [1.165, 1.54) is 23.1 Å². The lowest BCUT2D eigenvalue weighted by Gasteiger charge is -2.10. The summed E-state index contributed by atoms with van der Waals surface area (Å²) in [5.74, 6) is 0.480. The van der Waals surface area contributed by atoms with Gasteiger partial charge in [0.15, 0.2) is 5.16 Å². The lowest BCUT2D eigenvalue weighted by molar-refractivity contribution is 0.584. The van der Waals surface area contributed by atoms with Crippen molar-refractivity contribution < 1.29 is 8.42 Å². The van der Waals surface area contributed by atoms with Crippen molar-refractivity contribution in [3.63, 3.8) is 0 Å². The van der Waals surface area contributed by atoms with Gasteiger partial charge in [0.05, 0.1) is 10.3 Å². The maximum Gasteiger partial charge on any atom is 0.263 e. The Balaban J connectivity index is 1.75. The van der Waals surface area contributed by atoms with Crippen LogP contribution in [-0.2, 0) is 16.6 Å². The van der Waals surface area contributed by atoms with E-state index in [9.17, 15) is 13.2 Å². The van der Waals surface area contributed by atoms with E-state index in [2.05, 4.69) is 9.71 Å². The summed E-state index contributed by atoms with van der Waals surface area (Å²) in [6.45, 7) is 6.62. The Morgan fingerprint density at radius 2 is 1.93 bits per heavy atom. The van der Waals surface area contributed by atoms with Crippen molar-refractivity contribution in [2.75, 3.05) is 12.3 Å². The van der Waals surface area contributed by atoms with Crippen molar-refractivity contribution in [1.29, 1.82) is 0 Å². The van der Waals surface area contributed by atoms with Crippen LogP contribution in [0.4, 0.5) is 0 Å². The maximum atomic E-state index is 12.8. The average Bonchev–Trinajstić information content (AvgIpc) is 2.94. The van der Waals surface area contributed by atoms with Crippen molar-refractivity contribution >= 4 is 43.3 Å². The zero-order valence-electron chi connectivity index (χ0n) is 15.4. The van der Waals surface area contributed by atoms with Crippen molar-refractivity contribution in [3.05, 3.63) is 51.1 Å². The zero-order valence-corrected chi connectivity index (χ0v) is 17.8. The van der Waals surface area contributed by atoms with E-state index in [1.807, 2.05) is 20.8 Å². The van der Waals surface area contributed by atoms with Gasteiger partial charge in [0.25, 0.3) is 5.56 Å². The molecule has 144 valence electrons. The predicted molar refractivity (Wildman–Crippen MR) is 111 cm³/mol. The number of benzene rings is 1. The number of hydrogen-bond donors (Lipinski definition) is 1. The summed E-state index contributed by atoms with van der Waals surface area (Å²) in [4.78, 5) is 19.5. The molecule has 1 aromatic carbocycles. The number of nitrogens with one attached hydrogen (secondary N) is 1. The van der Waals surface area contributed by atoms with Crippen molar-refractivity contribution in [1.82, 2.24) is 14.3 Å². The highest BCUT2D eigenvalue weighted by atomic mass is 32.2. The Morgan fingerprint density at radius 3 is 2.59 bits per heavy atom. The van der Waals surface area contributed by atoms with Gasteiger partial charge in [-0.3, -0.25) is 9.36 Å². The van der Waals surface area contributed by atoms with Gasteiger partial charge in [0.1, 0.15) is 4.83 Å². The Labute approximate surface area is 166 Å². The van der Waals surface area contributed by atoms with E-state index in [0.29, 0.717) is 22.8 Å². The molecule has 9 heteroatoms. The summed E-state index contributed by atoms with van der Waals surface area (Å²) in [7, 11) is -3.53. The molecular weight excluding hydrogens is 402 g/mol. The lowest BCUT2D eigenvalue weighted by atomic mass is 10.2. The van der Waals surface area contributed by atoms with Crippen molar-refractivity contribution in [3.8, 4) is 0 Å². The highest BCUT2D eigenvalue weighted by Crippen LogP contribution is 2.28. The van der Waals surface area contributed by atoms with E-state index < -0.39 is 10.0 Å². The molecule has 1 N–H and O–H groups in total. The fraction of sp³-hybridized carbons (Fsp3) is 0.333. The van der Waals surface area contributed by atoms with Gasteiger partial charge in [0, 0.05) is 23.7 Å². The number of hydrogen-bond acceptors (Lipinski definition) is 6. The standard InChI is InChI=1S/C18H21N3O3S3/c1-4-21-17(22)15-12(2)13(3)26-16(15)20-18(21)25-11-10-19-27(23,24)14-8-6-5-7-9-14/h5-9,19H,4,10-11H2,1-3H3. The first-order valence-corrected chi connectivity index (χ1v) is 11.8. The molecule has 0 aliphatic rings. The molecule has 0 amide bonds. The molecule has 2 aromatic heterocycles. The van der Waals surface area contributed by atoms with Crippen LogP contribution in [0, 0.1) is 13.8 Å². The number of rotatable bonds is 7. The van der Waals surface area contributed by atoms with Crippen LogP contribution in [0.25, 0.3) is 10.2 Å². The van der Waals surface area contributed by atoms with E-state index >= 15 is 0 Å². The molecule has 0 saturated heterocycles. The highest BCUT2D eigenvalue weighted by Gasteiger charge is 2.17. The summed E-state index contributed by atoms with van der Waals surface area (Å²) >= 11 is 2.90. The molecule has 6 nitrogen and oxygen atoms in total. The van der Waals surface area contributed by atoms with Gasteiger partial charge >= 0.3 is 0 Å². The number of nitrogens with zero attached hydrogens (tertiary/aromatic N) is 2. The van der Waals surface area contributed by atoms with Crippen LogP contribution in [0.1, 0.15) is 17.4 Å². The maximum absolute atomic E-state index is 12.8. The Hall–Kier alpha value is -1.68. The fourth-order valence-electron chi connectivity index (χ4n) is 2.70. The second kappa shape index (κ2) is 8.14. The lowest BCUT2D eigenvalue weighted by Crippen LogP contribution is -2.27. The first-order chi connectivity index (χ1) is 12.8. The SMILES string of the molecule is CCn1c(SCCNS(=O)(=O)c2ccccc2)nc2sc(C)c(C)c2c1=O. The molecule has 0 atom stereocenters. The molecule has 0 spiro atoms. The minimum Gasteiger partial charge on any atom is -0.287 e. The molecule has 0 aliphatic heterocycles. The molecule has 0 radical (unpaired) electrons.